The number of rotatable bonds is 0. The molecule has 0 saturated heterocycles. The van der Waals surface area contributed by atoms with Crippen LogP contribution >= 0.6 is 23.2 Å². The lowest BCUT2D eigenvalue weighted by Gasteiger charge is -2.08. The van der Waals surface area contributed by atoms with Crippen molar-refractivity contribution in [1.82, 2.24) is 0 Å². The highest BCUT2D eigenvalue weighted by Gasteiger charge is 2.05. The fourth-order valence-corrected chi connectivity index (χ4v) is 2.50. The number of benzene rings is 1. The molecule has 2 bridgehead atoms. The molecule has 0 aromatic heterocycles. The Hall–Kier alpha value is -0.460. The van der Waals surface area contributed by atoms with Crippen molar-refractivity contribution in [3.8, 4) is 0 Å². The van der Waals surface area contributed by atoms with Gasteiger partial charge in [-0.05, 0) is 49.7 Å². The third kappa shape index (κ3) is 3.26. The van der Waals surface area contributed by atoms with Gasteiger partial charge in [0.25, 0.3) is 0 Å². The zero-order chi connectivity index (χ0) is 11.4. The average Bonchev–Trinajstić information content (AvgIpc) is 2.29. The molecular formula is C14H16Cl2. The Bertz CT molecular complexity index is 339. The molecule has 1 aromatic carbocycles. The summed E-state index contributed by atoms with van der Waals surface area (Å²) < 4.78 is 0. The molecule has 2 heteroatoms. The van der Waals surface area contributed by atoms with E-state index in [2.05, 4.69) is 24.3 Å². The summed E-state index contributed by atoms with van der Waals surface area (Å²) in [6, 6.07) is 8.93. The van der Waals surface area contributed by atoms with E-state index in [1.165, 1.54) is 11.1 Å². The monoisotopic (exact) mass is 254 g/mol. The first-order valence-electron chi connectivity index (χ1n) is 5.86. The van der Waals surface area contributed by atoms with Gasteiger partial charge in [0.15, 0.2) is 0 Å². The summed E-state index contributed by atoms with van der Waals surface area (Å²) in [6.45, 7) is 0. The van der Waals surface area contributed by atoms with Crippen molar-refractivity contribution in [2.45, 2.75) is 38.5 Å². The summed E-state index contributed by atoms with van der Waals surface area (Å²) in [5, 5.41) is 1.72. The fourth-order valence-electron chi connectivity index (χ4n) is 2.04. The van der Waals surface area contributed by atoms with Gasteiger partial charge in [0.05, 0.1) is 0 Å². The SMILES string of the molecule is Cl/C1=C(/Cl)CCCc2ccc(cc2)CCC1. The van der Waals surface area contributed by atoms with Crippen LogP contribution < -0.4 is 0 Å². The Morgan fingerprint density at radius 2 is 1.00 bits per heavy atom. The zero-order valence-corrected chi connectivity index (χ0v) is 10.8. The maximum atomic E-state index is 6.16. The second-order valence-corrected chi connectivity index (χ2v) is 5.25. The van der Waals surface area contributed by atoms with Gasteiger partial charge in [0, 0.05) is 10.1 Å². The minimum absolute atomic E-state index is 0.858. The smallest absolute Gasteiger partial charge is 0.0326 e. The van der Waals surface area contributed by atoms with Crippen molar-refractivity contribution >= 4 is 23.2 Å². The maximum Gasteiger partial charge on any atom is 0.0326 e. The van der Waals surface area contributed by atoms with Crippen molar-refractivity contribution in [2.75, 3.05) is 0 Å². The van der Waals surface area contributed by atoms with Gasteiger partial charge in [-0.15, -0.1) is 0 Å². The van der Waals surface area contributed by atoms with Crippen molar-refractivity contribution in [3.05, 3.63) is 45.5 Å². The number of aryl methyl sites for hydroxylation is 2. The van der Waals surface area contributed by atoms with Crippen molar-refractivity contribution < 1.29 is 0 Å². The highest BCUT2D eigenvalue weighted by molar-refractivity contribution is 6.39. The van der Waals surface area contributed by atoms with Gasteiger partial charge < -0.3 is 0 Å². The molecule has 1 aromatic rings. The van der Waals surface area contributed by atoms with E-state index in [4.69, 9.17) is 23.2 Å². The molecule has 0 N–H and O–H groups in total. The standard InChI is InChI=1S/C14H16Cl2/c15-13-5-1-3-11-7-9-12(10-8-11)4-2-6-14(13)16/h7-10H,1-6H2/b14-13+. The van der Waals surface area contributed by atoms with Gasteiger partial charge in [0.2, 0.25) is 0 Å². The molecule has 0 atom stereocenters. The van der Waals surface area contributed by atoms with Crippen LogP contribution in [-0.2, 0) is 12.8 Å². The molecule has 2 aliphatic carbocycles. The van der Waals surface area contributed by atoms with Gasteiger partial charge in [-0.25, -0.2) is 0 Å². The third-order valence-corrected chi connectivity index (χ3v) is 3.97. The lowest BCUT2D eigenvalue weighted by molar-refractivity contribution is 0.794. The Morgan fingerprint density at radius 3 is 1.38 bits per heavy atom. The van der Waals surface area contributed by atoms with E-state index in [1.807, 2.05) is 0 Å². The van der Waals surface area contributed by atoms with Crippen molar-refractivity contribution in [3.63, 3.8) is 0 Å². The summed E-state index contributed by atoms with van der Waals surface area (Å²) in [5.41, 5.74) is 2.79. The molecule has 0 amide bonds. The van der Waals surface area contributed by atoms with Gasteiger partial charge in [-0.1, -0.05) is 47.5 Å². The Balaban J connectivity index is 2.14. The van der Waals surface area contributed by atoms with Crippen LogP contribution in [0.15, 0.2) is 34.3 Å². The topological polar surface area (TPSA) is 0 Å². The number of halogens is 2. The summed E-state index contributed by atoms with van der Waals surface area (Å²) in [6.07, 6.45) is 6.13. The Morgan fingerprint density at radius 1 is 0.625 bits per heavy atom. The minimum Gasteiger partial charge on any atom is -0.0879 e. The van der Waals surface area contributed by atoms with Crippen LogP contribution in [0.5, 0.6) is 0 Å². The lowest BCUT2D eigenvalue weighted by Crippen LogP contribution is -1.93. The highest BCUT2D eigenvalue weighted by Crippen LogP contribution is 2.25. The number of hydrogen-bond donors (Lipinski definition) is 0. The predicted molar refractivity (Wildman–Crippen MR) is 71.1 cm³/mol. The van der Waals surface area contributed by atoms with E-state index < -0.39 is 0 Å². The summed E-state index contributed by atoms with van der Waals surface area (Å²) in [7, 11) is 0. The quantitative estimate of drug-likeness (QED) is 0.609. The second kappa shape index (κ2) is 5.75. The molecular weight excluding hydrogens is 239 g/mol. The number of fused-ring (bicyclic) bond motifs is 8. The van der Waals surface area contributed by atoms with Crippen molar-refractivity contribution in [2.24, 2.45) is 0 Å². The Kier molecular flexibility index (Phi) is 4.31. The third-order valence-electron chi connectivity index (χ3n) is 3.04. The van der Waals surface area contributed by atoms with Crippen LogP contribution in [0.3, 0.4) is 0 Å². The molecule has 86 valence electrons. The summed E-state index contributed by atoms with van der Waals surface area (Å²) in [4.78, 5) is 0. The lowest BCUT2D eigenvalue weighted by atomic mass is 10.0. The molecule has 0 radical (unpaired) electrons. The first kappa shape index (κ1) is 12.0. The second-order valence-electron chi connectivity index (χ2n) is 4.33. The van der Waals surface area contributed by atoms with Gasteiger partial charge in [0.1, 0.15) is 0 Å². The minimum atomic E-state index is 0.858. The van der Waals surface area contributed by atoms with Gasteiger partial charge >= 0.3 is 0 Å². The highest BCUT2D eigenvalue weighted by atomic mass is 35.5. The molecule has 0 fully saturated rings. The van der Waals surface area contributed by atoms with Crippen LogP contribution in [0.1, 0.15) is 36.8 Å². The first-order valence-corrected chi connectivity index (χ1v) is 6.62. The van der Waals surface area contributed by atoms with E-state index in [1.54, 1.807) is 0 Å². The van der Waals surface area contributed by atoms with E-state index in [0.717, 1.165) is 48.6 Å². The molecule has 2 aliphatic rings. The normalized spacial score (nSPS) is 22.6. The van der Waals surface area contributed by atoms with Crippen LogP contribution in [0.4, 0.5) is 0 Å². The average molecular weight is 255 g/mol. The van der Waals surface area contributed by atoms with E-state index in [0.29, 0.717) is 0 Å². The van der Waals surface area contributed by atoms with Crippen LogP contribution in [0, 0.1) is 0 Å². The van der Waals surface area contributed by atoms with E-state index in [9.17, 15) is 0 Å². The molecule has 0 heterocycles. The first-order chi connectivity index (χ1) is 7.75. The zero-order valence-electron chi connectivity index (χ0n) is 9.31. The van der Waals surface area contributed by atoms with E-state index >= 15 is 0 Å². The van der Waals surface area contributed by atoms with Crippen LogP contribution in [0.2, 0.25) is 0 Å². The van der Waals surface area contributed by atoms with Gasteiger partial charge in [-0.3, -0.25) is 0 Å². The molecule has 0 saturated carbocycles. The molecule has 0 nitrogen and oxygen atoms in total. The number of hydrogen-bond acceptors (Lipinski definition) is 0. The Labute approximate surface area is 107 Å². The molecule has 0 aliphatic heterocycles. The molecule has 3 rings (SSSR count). The summed E-state index contributed by atoms with van der Waals surface area (Å²) in [5.74, 6) is 0. The van der Waals surface area contributed by atoms with Gasteiger partial charge in [-0.2, -0.15) is 0 Å². The summed E-state index contributed by atoms with van der Waals surface area (Å²) >= 11 is 12.3. The van der Waals surface area contributed by atoms with Crippen molar-refractivity contribution in [1.29, 1.82) is 0 Å². The largest absolute Gasteiger partial charge is 0.0879 e. The molecule has 16 heavy (non-hydrogen) atoms. The molecule has 0 unspecified atom stereocenters. The maximum absolute atomic E-state index is 6.16. The van der Waals surface area contributed by atoms with E-state index in [-0.39, 0.29) is 0 Å². The fraction of sp³-hybridized carbons (Fsp3) is 0.429. The van der Waals surface area contributed by atoms with Crippen LogP contribution in [-0.4, -0.2) is 0 Å². The predicted octanol–water partition coefficient (Wildman–Crippen LogP) is 5.03. The van der Waals surface area contributed by atoms with Crippen LogP contribution in [0.25, 0.3) is 0 Å². The number of allylic oxidation sites excluding steroid dienone is 2. The molecule has 0 spiro atoms.